The van der Waals surface area contributed by atoms with Crippen LogP contribution < -0.4 is 21.3 Å². The molecule has 1 saturated heterocycles. The van der Waals surface area contributed by atoms with Gasteiger partial charge in [-0.1, -0.05) is 26.0 Å². The van der Waals surface area contributed by atoms with E-state index in [2.05, 4.69) is 49.8 Å². The number of methoxy groups -OCH3 is 1. The lowest BCUT2D eigenvalue weighted by Crippen LogP contribution is -2.35. The highest BCUT2D eigenvalue weighted by molar-refractivity contribution is 5.42. The number of hydrazine groups is 1. The van der Waals surface area contributed by atoms with Crippen LogP contribution >= 0.6 is 0 Å². The number of nitrogens with two attached hydrogens (primary N) is 1. The average molecular weight is 249 g/mol. The summed E-state index contributed by atoms with van der Waals surface area (Å²) in [6, 6.07) is 6.77. The maximum atomic E-state index is 6.20. The van der Waals surface area contributed by atoms with Gasteiger partial charge in [0.1, 0.15) is 5.75 Å². The predicted molar refractivity (Wildman–Crippen MR) is 73.5 cm³/mol. The first-order valence-electron chi connectivity index (χ1n) is 6.49. The Morgan fingerprint density at radius 3 is 2.50 bits per heavy atom. The predicted octanol–water partition coefficient (Wildman–Crippen LogP) is 1.68. The third kappa shape index (κ3) is 2.36. The van der Waals surface area contributed by atoms with Crippen LogP contribution in [0.15, 0.2) is 18.2 Å². The number of rotatable bonds is 3. The topological polar surface area (TPSA) is 59.3 Å². The molecular formula is C14H23N3O. The fraction of sp³-hybridized carbons (Fsp3) is 0.571. The van der Waals surface area contributed by atoms with Gasteiger partial charge in [-0.05, 0) is 24.5 Å². The molecule has 0 aromatic heterocycles. The summed E-state index contributed by atoms with van der Waals surface area (Å²) in [4.78, 5) is 0. The summed E-state index contributed by atoms with van der Waals surface area (Å²) < 4.78 is 5.51. The van der Waals surface area contributed by atoms with Crippen molar-refractivity contribution in [2.45, 2.75) is 44.8 Å². The second-order valence-corrected chi connectivity index (χ2v) is 5.29. The smallest absolute Gasteiger partial charge is 0.124 e. The Balaban J connectivity index is 2.33. The first-order valence-corrected chi connectivity index (χ1v) is 6.49. The lowest BCUT2D eigenvalue weighted by molar-refractivity contribution is 0.398. The quantitative estimate of drug-likeness (QED) is 0.763. The molecule has 1 heterocycles. The van der Waals surface area contributed by atoms with Crippen LogP contribution in [0, 0.1) is 0 Å². The van der Waals surface area contributed by atoms with Gasteiger partial charge in [0.2, 0.25) is 0 Å². The highest BCUT2D eigenvalue weighted by atomic mass is 16.5. The normalized spacial score (nSPS) is 27.8. The highest BCUT2D eigenvalue weighted by Crippen LogP contribution is 2.32. The second kappa shape index (κ2) is 5.26. The van der Waals surface area contributed by atoms with Gasteiger partial charge in [0, 0.05) is 17.6 Å². The molecule has 0 spiro atoms. The van der Waals surface area contributed by atoms with Crippen LogP contribution in [0.1, 0.15) is 43.9 Å². The van der Waals surface area contributed by atoms with E-state index in [1.807, 2.05) is 0 Å². The molecule has 4 N–H and O–H groups in total. The minimum atomic E-state index is 0.0452. The highest BCUT2D eigenvalue weighted by Gasteiger charge is 2.32. The molecule has 100 valence electrons. The summed E-state index contributed by atoms with van der Waals surface area (Å²) in [5.41, 5.74) is 15.0. The van der Waals surface area contributed by atoms with Crippen molar-refractivity contribution in [1.29, 1.82) is 0 Å². The molecule has 1 aromatic rings. The van der Waals surface area contributed by atoms with E-state index >= 15 is 0 Å². The van der Waals surface area contributed by atoms with E-state index in [4.69, 9.17) is 10.5 Å². The van der Waals surface area contributed by atoms with E-state index in [0.29, 0.717) is 5.92 Å². The summed E-state index contributed by atoms with van der Waals surface area (Å²) in [5.74, 6) is 1.40. The maximum Gasteiger partial charge on any atom is 0.124 e. The fourth-order valence-electron chi connectivity index (χ4n) is 2.33. The SMILES string of the molecule is COc1cc(C(C)C)ccc1C1NNC(C)C1N. The number of nitrogens with one attached hydrogen (secondary N) is 2. The summed E-state index contributed by atoms with van der Waals surface area (Å²) in [5, 5.41) is 0. The first-order chi connectivity index (χ1) is 8.54. The van der Waals surface area contributed by atoms with Crippen LogP contribution in [0.25, 0.3) is 0 Å². The van der Waals surface area contributed by atoms with Crippen molar-refractivity contribution in [1.82, 2.24) is 10.9 Å². The fourth-order valence-corrected chi connectivity index (χ4v) is 2.33. The molecule has 1 aliphatic heterocycles. The molecule has 4 nitrogen and oxygen atoms in total. The third-order valence-electron chi connectivity index (χ3n) is 3.69. The number of hydrogen-bond acceptors (Lipinski definition) is 4. The molecule has 0 amide bonds. The molecule has 3 unspecified atom stereocenters. The minimum absolute atomic E-state index is 0.0452. The van der Waals surface area contributed by atoms with E-state index in [1.54, 1.807) is 7.11 Å². The molecule has 0 aliphatic carbocycles. The van der Waals surface area contributed by atoms with Crippen molar-refractivity contribution in [3.8, 4) is 5.75 Å². The molecule has 1 aromatic carbocycles. The zero-order valence-electron chi connectivity index (χ0n) is 11.5. The van der Waals surface area contributed by atoms with E-state index in [-0.39, 0.29) is 18.1 Å². The van der Waals surface area contributed by atoms with Crippen LogP contribution in [0.3, 0.4) is 0 Å². The minimum Gasteiger partial charge on any atom is -0.496 e. The third-order valence-corrected chi connectivity index (χ3v) is 3.69. The summed E-state index contributed by atoms with van der Waals surface area (Å²) in [7, 11) is 1.71. The molecule has 0 radical (unpaired) electrons. The van der Waals surface area contributed by atoms with Crippen LogP contribution in [-0.2, 0) is 0 Å². The molecule has 0 saturated carbocycles. The van der Waals surface area contributed by atoms with Crippen LogP contribution in [0.5, 0.6) is 5.75 Å². The van der Waals surface area contributed by atoms with Crippen molar-refractivity contribution in [2.24, 2.45) is 5.73 Å². The molecular weight excluding hydrogens is 226 g/mol. The Bertz CT molecular complexity index is 420. The molecule has 3 atom stereocenters. The Morgan fingerprint density at radius 1 is 1.28 bits per heavy atom. The number of benzene rings is 1. The van der Waals surface area contributed by atoms with Gasteiger partial charge >= 0.3 is 0 Å². The lowest BCUT2D eigenvalue weighted by Gasteiger charge is -2.20. The van der Waals surface area contributed by atoms with Gasteiger partial charge in [-0.25, -0.2) is 5.43 Å². The summed E-state index contributed by atoms with van der Waals surface area (Å²) >= 11 is 0. The van der Waals surface area contributed by atoms with Crippen molar-refractivity contribution in [3.63, 3.8) is 0 Å². The van der Waals surface area contributed by atoms with Gasteiger partial charge in [-0.15, -0.1) is 0 Å². The molecule has 1 aliphatic rings. The largest absolute Gasteiger partial charge is 0.496 e. The van der Waals surface area contributed by atoms with Crippen molar-refractivity contribution < 1.29 is 4.74 Å². The monoisotopic (exact) mass is 249 g/mol. The first kappa shape index (κ1) is 13.3. The van der Waals surface area contributed by atoms with Gasteiger partial charge in [0.25, 0.3) is 0 Å². The van der Waals surface area contributed by atoms with Crippen molar-refractivity contribution >= 4 is 0 Å². The van der Waals surface area contributed by atoms with E-state index in [9.17, 15) is 0 Å². The average Bonchev–Trinajstić information content (AvgIpc) is 2.69. The van der Waals surface area contributed by atoms with Crippen molar-refractivity contribution in [3.05, 3.63) is 29.3 Å². The van der Waals surface area contributed by atoms with Gasteiger partial charge in [0.15, 0.2) is 0 Å². The van der Waals surface area contributed by atoms with Gasteiger partial charge in [-0.2, -0.15) is 0 Å². The molecule has 1 fully saturated rings. The van der Waals surface area contributed by atoms with Crippen LogP contribution in [0.4, 0.5) is 0 Å². The second-order valence-electron chi connectivity index (χ2n) is 5.29. The number of hydrogen-bond donors (Lipinski definition) is 3. The summed E-state index contributed by atoms with van der Waals surface area (Å²) in [6.07, 6.45) is 0. The number of ether oxygens (including phenoxy) is 1. The molecule has 0 bridgehead atoms. The van der Waals surface area contributed by atoms with Crippen LogP contribution in [-0.4, -0.2) is 19.2 Å². The zero-order valence-corrected chi connectivity index (χ0v) is 11.5. The molecule has 4 heteroatoms. The maximum absolute atomic E-state index is 6.20. The lowest BCUT2D eigenvalue weighted by atomic mass is 9.94. The summed E-state index contributed by atoms with van der Waals surface area (Å²) in [6.45, 7) is 6.43. The van der Waals surface area contributed by atoms with Gasteiger partial charge < -0.3 is 10.5 Å². The van der Waals surface area contributed by atoms with Crippen LogP contribution in [0.2, 0.25) is 0 Å². The molecule has 18 heavy (non-hydrogen) atoms. The Hall–Kier alpha value is -1.10. The Labute approximate surface area is 109 Å². The van der Waals surface area contributed by atoms with Gasteiger partial charge in [-0.3, -0.25) is 5.43 Å². The zero-order chi connectivity index (χ0) is 13.3. The standard InChI is InChI=1S/C14H23N3O/c1-8(2)10-5-6-11(12(7-10)18-4)14-13(15)9(3)16-17-14/h5-9,13-14,16-17H,15H2,1-4H3. The van der Waals surface area contributed by atoms with E-state index in [0.717, 1.165) is 11.3 Å². The van der Waals surface area contributed by atoms with Crippen molar-refractivity contribution in [2.75, 3.05) is 7.11 Å². The van der Waals surface area contributed by atoms with E-state index in [1.165, 1.54) is 5.56 Å². The van der Waals surface area contributed by atoms with Gasteiger partial charge in [0.05, 0.1) is 13.2 Å². The molecule has 2 rings (SSSR count). The van der Waals surface area contributed by atoms with E-state index < -0.39 is 0 Å². The Morgan fingerprint density at radius 2 is 2.00 bits per heavy atom. The Kier molecular flexibility index (Phi) is 3.90.